The molecule has 2 aromatic rings. The van der Waals surface area contributed by atoms with Crippen LogP contribution in [0.5, 0.6) is 11.5 Å². The van der Waals surface area contributed by atoms with Crippen LogP contribution in [-0.2, 0) is 0 Å². The van der Waals surface area contributed by atoms with E-state index in [-0.39, 0.29) is 0 Å². The fourth-order valence-electron chi connectivity index (χ4n) is 1.89. The van der Waals surface area contributed by atoms with Crippen LogP contribution in [0.25, 0.3) is 0 Å². The van der Waals surface area contributed by atoms with Gasteiger partial charge in [0, 0.05) is 7.05 Å². The van der Waals surface area contributed by atoms with E-state index in [0.717, 1.165) is 23.6 Å². The van der Waals surface area contributed by atoms with Gasteiger partial charge >= 0.3 is 12.0 Å². The van der Waals surface area contributed by atoms with Crippen molar-refractivity contribution < 1.29 is 9.47 Å². The van der Waals surface area contributed by atoms with Gasteiger partial charge < -0.3 is 9.47 Å². The van der Waals surface area contributed by atoms with Crippen molar-refractivity contribution in [2.24, 2.45) is 8.80 Å². The van der Waals surface area contributed by atoms with Crippen LogP contribution in [0.2, 0.25) is 0 Å². The number of hydrogen-bond acceptors (Lipinski definition) is 6. The zero-order valence-electron chi connectivity index (χ0n) is 13.2. The Labute approximate surface area is 139 Å². The van der Waals surface area contributed by atoms with Crippen LogP contribution >= 0.6 is 12.1 Å². The first-order chi connectivity index (χ1) is 11.1. The molecule has 2 aromatic carbocycles. The maximum atomic E-state index is 5.80. The zero-order valence-corrected chi connectivity index (χ0v) is 14.0. The number of rotatable bonds is 2. The predicted molar refractivity (Wildman–Crippen MR) is 93.8 cm³/mol. The average molecular weight is 327 g/mol. The molecule has 0 N–H and O–H groups in total. The average Bonchev–Trinajstić information content (AvgIpc) is 2.55. The topological polar surface area (TPSA) is 46.4 Å². The Morgan fingerprint density at radius 3 is 1.52 bits per heavy atom. The van der Waals surface area contributed by atoms with Crippen LogP contribution in [-0.4, -0.2) is 24.0 Å². The van der Waals surface area contributed by atoms with E-state index in [1.54, 1.807) is 11.9 Å². The Balaban J connectivity index is 1.69. The van der Waals surface area contributed by atoms with Crippen molar-refractivity contribution in [2.45, 2.75) is 13.8 Å². The van der Waals surface area contributed by atoms with Gasteiger partial charge in [0.15, 0.2) is 0 Å². The normalized spacial score (nSPS) is 14.1. The predicted octanol–water partition coefficient (Wildman–Crippen LogP) is 3.98. The van der Waals surface area contributed by atoms with Gasteiger partial charge in [-0.1, -0.05) is 35.4 Å². The number of amidine groups is 2. The molecule has 0 amide bonds. The number of benzene rings is 2. The van der Waals surface area contributed by atoms with E-state index in [2.05, 4.69) is 8.80 Å². The Morgan fingerprint density at radius 2 is 1.13 bits per heavy atom. The fraction of sp³-hybridized carbons (Fsp3) is 0.176. The van der Waals surface area contributed by atoms with Gasteiger partial charge in [-0.3, -0.25) is 4.90 Å². The monoisotopic (exact) mass is 327 g/mol. The first kappa shape index (κ1) is 15.4. The molecule has 23 heavy (non-hydrogen) atoms. The van der Waals surface area contributed by atoms with Crippen LogP contribution in [0.4, 0.5) is 0 Å². The van der Waals surface area contributed by atoms with Crippen LogP contribution in [0.3, 0.4) is 0 Å². The lowest BCUT2D eigenvalue weighted by Gasteiger charge is -2.23. The van der Waals surface area contributed by atoms with Crippen molar-refractivity contribution in [1.29, 1.82) is 0 Å². The molecule has 0 aromatic heterocycles. The van der Waals surface area contributed by atoms with Gasteiger partial charge in [0.05, 0.1) is 0 Å². The Kier molecular flexibility index (Phi) is 4.52. The molecule has 6 heteroatoms. The van der Waals surface area contributed by atoms with Gasteiger partial charge in [-0.05, 0) is 38.1 Å². The highest BCUT2D eigenvalue weighted by molar-refractivity contribution is 7.97. The van der Waals surface area contributed by atoms with Crippen LogP contribution in [0.15, 0.2) is 57.3 Å². The molecule has 1 aliphatic rings. The van der Waals surface area contributed by atoms with Crippen LogP contribution < -0.4 is 9.47 Å². The highest BCUT2D eigenvalue weighted by Gasteiger charge is 2.22. The minimum atomic E-state index is 0.427. The Bertz CT molecular complexity index is 676. The molecule has 0 saturated heterocycles. The Morgan fingerprint density at radius 1 is 0.739 bits per heavy atom. The molecule has 0 radical (unpaired) electrons. The number of ether oxygens (including phenoxy) is 2. The lowest BCUT2D eigenvalue weighted by atomic mass is 10.2. The molecule has 1 heterocycles. The third-order valence-electron chi connectivity index (χ3n) is 3.27. The summed E-state index contributed by atoms with van der Waals surface area (Å²) < 4.78 is 20.0. The SMILES string of the molecule is Cc1ccc(OC2=NSN=C(Oc3ccc(C)cc3)N2C)cc1. The van der Waals surface area contributed by atoms with E-state index in [1.807, 2.05) is 62.4 Å². The summed E-state index contributed by atoms with van der Waals surface area (Å²) in [5.41, 5.74) is 2.35. The second-order valence-electron chi connectivity index (χ2n) is 5.22. The largest absolute Gasteiger partial charge is 0.425 e. The highest BCUT2D eigenvalue weighted by atomic mass is 32.2. The highest BCUT2D eigenvalue weighted by Crippen LogP contribution is 2.20. The molecule has 0 spiro atoms. The van der Waals surface area contributed by atoms with E-state index in [4.69, 9.17) is 9.47 Å². The van der Waals surface area contributed by atoms with Gasteiger partial charge in [0.2, 0.25) is 0 Å². The number of hydrogen-bond donors (Lipinski definition) is 0. The van der Waals surface area contributed by atoms with Gasteiger partial charge in [0.25, 0.3) is 0 Å². The minimum Gasteiger partial charge on any atom is -0.425 e. The quantitative estimate of drug-likeness (QED) is 0.783. The summed E-state index contributed by atoms with van der Waals surface area (Å²) in [6.07, 6.45) is 0. The first-order valence-corrected chi connectivity index (χ1v) is 7.90. The summed E-state index contributed by atoms with van der Waals surface area (Å²) in [6, 6.07) is 16.4. The second-order valence-corrected chi connectivity index (χ2v) is 5.75. The molecular formula is C17H17N3O2S. The van der Waals surface area contributed by atoms with E-state index in [1.165, 1.54) is 11.1 Å². The van der Waals surface area contributed by atoms with Gasteiger partial charge in [0.1, 0.15) is 23.6 Å². The summed E-state index contributed by atoms with van der Waals surface area (Å²) in [7, 11) is 1.81. The van der Waals surface area contributed by atoms with E-state index in [9.17, 15) is 0 Å². The van der Waals surface area contributed by atoms with Crippen molar-refractivity contribution in [3.05, 3.63) is 59.7 Å². The maximum absolute atomic E-state index is 5.80. The first-order valence-electron chi connectivity index (χ1n) is 7.17. The molecular weight excluding hydrogens is 310 g/mol. The molecule has 118 valence electrons. The summed E-state index contributed by atoms with van der Waals surface area (Å²) in [5, 5.41) is 0. The maximum Gasteiger partial charge on any atom is 0.314 e. The van der Waals surface area contributed by atoms with E-state index >= 15 is 0 Å². The molecule has 5 nitrogen and oxygen atoms in total. The second kappa shape index (κ2) is 6.75. The van der Waals surface area contributed by atoms with Crippen molar-refractivity contribution in [3.8, 4) is 11.5 Å². The smallest absolute Gasteiger partial charge is 0.314 e. The van der Waals surface area contributed by atoms with Crippen LogP contribution in [0, 0.1) is 13.8 Å². The van der Waals surface area contributed by atoms with E-state index < -0.39 is 0 Å². The number of nitrogens with zero attached hydrogens (tertiary/aromatic N) is 3. The molecule has 3 rings (SSSR count). The molecule has 1 aliphatic heterocycles. The summed E-state index contributed by atoms with van der Waals surface area (Å²) in [4.78, 5) is 1.68. The summed E-state index contributed by atoms with van der Waals surface area (Å²) in [5.74, 6) is 1.44. The van der Waals surface area contributed by atoms with E-state index in [0.29, 0.717) is 12.0 Å². The Hall–Kier alpha value is -2.47. The van der Waals surface area contributed by atoms with Crippen molar-refractivity contribution in [3.63, 3.8) is 0 Å². The molecule has 0 atom stereocenters. The fourth-order valence-corrected chi connectivity index (χ4v) is 2.39. The molecule has 0 fully saturated rings. The summed E-state index contributed by atoms with van der Waals surface area (Å²) >= 11 is 1.04. The lowest BCUT2D eigenvalue weighted by molar-refractivity contribution is 0.411. The standard InChI is InChI=1S/C17H17N3O2S/c1-12-4-8-14(9-5-12)21-16-18-23-19-17(20(16)3)22-15-10-6-13(2)7-11-15/h4-11H,1-3H3. The van der Waals surface area contributed by atoms with Crippen molar-refractivity contribution >= 4 is 24.2 Å². The lowest BCUT2D eigenvalue weighted by Crippen LogP contribution is -2.40. The summed E-state index contributed by atoms with van der Waals surface area (Å²) in [6.45, 7) is 4.06. The molecule has 0 aliphatic carbocycles. The van der Waals surface area contributed by atoms with Crippen molar-refractivity contribution in [1.82, 2.24) is 4.90 Å². The molecule has 0 bridgehead atoms. The third kappa shape index (κ3) is 3.84. The molecule has 0 saturated carbocycles. The third-order valence-corrected chi connectivity index (χ3v) is 3.75. The molecule has 0 unspecified atom stereocenters. The van der Waals surface area contributed by atoms with Gasteiger partial charge in [-0.15, -0.1) is 8.80 Å². The zero-order chi connectivity index (χ0) is 16.2. The van der Waals surface area contributed by atoms with Gasteiger partial charge in [-0.25, -0.2) is 0 Å². The number of aryl methyl sites for hydroxylation is 2. The minimum absolute atomic E-state index is 0.427. The van der Waals surface area contributed by atoms with Crippen molar-refractivity contribution in [2.75, 3.05) is 7.05 Å². The van der Waals surface area contributed by atoms with Gasteiger partial charge in [-0.2, -0.15) is 0 Å². The van der Waals surface area contributed by atoms with Crippen LogP contribution in [0.1, 0.15) is 11.1 Å².